The van der Waals surface area contributed by atoms with Gasteiger partial charge in [-0.1, -0.05) is 12.1 Å². The molecule has 0 saturated carbocycles. The van der Waals surface area contributed by atoms with E-state index in [1.54, 1.807) is 74.5 Å². The SMILES string of the molecule is C=N/C(=N\C(C)=C(/C)C(=O)N[C@@H](CCN)C(=O)N(C)[C@@H]1C(=O)N[C@@H](C)C(=O)N[C@H](C(=O)NCC#N)Cc2ccc(OCCN)c(c2)-c2cc1ccc2OCCN)c1ccc(OC(C)(C)C)cc1. The topological polar surface area (TPSA) is 291 Å². The van der Waals surface area contributed by atoms with E-state index < -0.39 is 59.3 Å². The molecule has 67 heavy (non-hydrogen) atoms. The lowest BCUT2D eigenvalue weighted by atomic mass is 9.93. The number of nitriles is 1. The number of nitrogens with zero attached hydrogens (tertiary/aromatic N) is 4. The van der Waals surface area contributed by atoms with Crippen LogP contribution in [0.25, 0.3) is 11.1 Å². The van der Waals surface area contributed by atoms with Gasteiger partial charge in [-0.3, -0.25) is 24.0 Å². The number of rotatable bonds is 17. The molecule has 5 amide bonds. The Balaban J connectivity index is 1.80. The van der Waals surface area contributed by atoms with Crippen LogP contribution < -0.4 is 52.7 Å². The molecule has 0 spiro atoms. The maximum atomic E-state index is 14.7. The number of likely N-dealkylation sites (N-methyl/N-ethyl adjacent to an activating group) is 1. The number of amides is 5. The lowest BCUT2D eigenvalue weighted by Crippen LogP contribution is -2.56. The molecule has 0 saturated heterocycles. The van der Waals surface area contributed by atoms with E-state index in [1.165, 1.54) is 18.9 Å². The lowest BCUT2D eigenvalue weighted by Gasteiger charge is -2.32. The number of carbonyl (C=O) groups excluding carboxylic acids is 5. The predicted molar refractivity (Wildman–Crippen MR) is 255 cm³/mol. The Labute approximate surface area is 391 Å². The number of nitrogens with two attached hydrogens (primary N) is 3. The van der Waals surface area contributed by atoms with Crippen LogP contribution in [0.3, 0.4) is 0 Å². The van der Waals surface area contributed by atoms with Gasteiger partial charge in [0.05, 0.1) is 6.07 Å². The Kier molecular flexibility index (Phi) is 19.1. The van der Waals surface area contributed by atoms with E-state index in [4.69, 9.17) is 36.7 Å². The monoisotopic (exact) mass is 921 g/mol. The number of hydrogen-bond acceptors (Lipinski definition) is 13. The van der Waals surface area contributed by atoms with Crippen molar-refractivity contribution in [3.63, 3.8) is 0 Å². The first-order valence-electron chi connectivity index (χ1n) is 21.8. The molecule has 4 atom stereocenters. The molecule has 1 aliphatic heterocycles. The van der Waals surface area contributed by atoms with Gasteiger partial charge in [-0.2, -0.15) is 5.26 Å². The molecular formula is C48H63N11O8. The normalized spacial score (nSPS) is 17.2. The number of fused-ring (bicyclic) bond motifs is 5. The van der Waals surface area contributed by atoms with E-state index in [0.717, 1.165) is 0 Å². The largest absolute Gasteiger partial charge is 0.492 e. The summed E-state index contributed by atoms with van der Waals surface area (Å²) >= 11 is 0. The number of carbonyl (C=O) groups is 5. The van der Waals surface area contributed by atoms with E-state index in [1.807, 2.05) is 26.8 Å². The highest BCUT2D eigenvalue weighted by Gasteiger charge is 2.36. The van der Waals surface area contributed by atoms with Crippen molar-refractivity contribution in [2.45, 2.75) is 84.2 Å². The molecule has 19 nitrogen and oxygen atoms in total. The first-order valence-corrected chi connectivity index (χ1v) is 21.8. The second-order valence-corrected chi connectivity index (χ2v) is 16.7. The van der Waals surface area contributed by atoms with Gasteiger partial charge in [0.2, 0.25) is 29.5 Å². The highest BCUT2D eigenvalue weighted by Crippen LogP contribution is 2.40. The van der Waals surface area contributed by atoms with Crippen LogP contribution in [0.2, 0.25) is 0 Å². The van der Waals surface area contributed by atoms with Crippen LogP contribution in [0.5, 0.6) is 17.2 Å². The number of nitrogens with one attached hydrogen (secondary N) is 4. The number of allylic oxidation sites excluding steroid dienone is 1. The standard InChI is InChI=1S/C48H63N11O8/c1-28(29(2)55-42(53-7)32-10-13-34(14-11-32)67-48(4,5)6)43(60)57-37(17-18-49)47(64)59(8)41-33-12-16-40(66-24-21-52)36(27-33)35-25-31(9-15-39(35)65-23-20-51)26-38(45(62)54-22-19-50)58-44(61)30(3)56-46(41)63/h9-16,25,27,30,37-38,41H,7,17-18,20-24,26,49,51-52H2,1-6,8H3,(H,54,62)(H,56,63)(H,57,60)(H,58,61)/b29-28+,55-42-/t30-,37-,38-,41-/m0/s1. The smallest absolute Gasteiger partial charge is 0.249 e. The summed E-state index contributed by atoms with van der Waals surface area (Å²) in [5.41, 5.74) is 20.2. The third kappa shape index (κ3) is 14.4. The van der Waals surface area contributed by atoms with Crippen LogP contribution in [0.1, 0.15) is 70.7 Å². The summed E-state index contributed by atoms with van der Waals surface area (Å²) in [5, 5.41) is 19.8. The number of aliphatic imine (C=N–C) groups is 2. The zero-order valence-electron chi connectivity index (χ0n) is 39.2. The van der Waals surface area contributed by atoms with Gasteiger partial charge in [0.25, 0.3) is 0 Å². The Hall–Kier alpha value is -7.14. The number of amidine groups is 1. The number of ether oxygens (including phenoxy) is 3. The highest BCUT2D eigenvalue weighted by atomic mass is 16.5. The van der Waals surface area contributed by atoms with Crippen molar-refractivity contribution < 1.29 is 38.2 Å². The minimum absolute atomic E-state index is 0.00501. The summed E-state index contributed by atoms with van der Waals surface area (Å²) in [6.45, 7) is 14.4. The fourth-order valence-corrected chi connectivity index (χ4v) is 7.02. The van der Waals surface area contributed by atoms with Crippen LogP contribution in [-0.2, 0) is 30.4 Å². The molecular weight excluding hydrogens is 859 g/mol. The fraction of sp³-hybridized carbons (Fsp3) is 0.417. The second-order valence-electron chi connectivity index (χ2n) is 16.7. The minimum Gasteiger partial charge on any atom is -0.492 e. The molecule has 10 N–H and O–H groups in total. The van der Waals surface area contributed by atoms with Crippen LogP contribution in [0.4, 0.5) is 0 Å². The third-order valence-electron chi connectivity index (χ3n) is 10.5. The maximum Gasteiger partial charge on any atom is 0.249 e. The van der Waals surface area contributed by atoms with Crippen LogP contribution in [0.15, 0.2) is 81.9 Å². The fourth-order valence-electron chi connectivity index (χ4n) is 7.02. The molecule has 3 aromatic rings. The zero-order valence-corrected chi connectivity index (χ0v) is 39.2. The Morgan fingerprint density at radius 1 is 0.925 bits per heavy atom. The van der Waals surface area contributed by atoms with E-state index in [0.29, 0.717) is 50.8 Å². The third-order valence-corrected chi connectivity index (χ3v) is 10.5. The maximum absolute atomic E-state index is 14.7. The van der Waals surface area contributed by atoms with Crippen molar-refractivity contribution >= 4 is 42.1 Å². The number of hydrogen-bond donors (Lipinski definition) is 7. The van der Waals surface area contributed by atoms with Gasteiger partial charge in [-0.15, -0.1) is 0 Å². The van der Waals surface area contributed by atoms with Gasteiger partial charge in [0.15, 0.2) is 5.84 Å². The Bertz CT molecular complexity index is 2390. The molecule has 1 aliphatic rings. The highest BCUT2D eigenvalue weighted by molar-refractivity contribution is 6.03. The summed E-state index contributed by atoms with van der Waals surface area (Å²) in [6.07, 6.45) is -0.0178. The average molecular weight is 922 g/mol. The minimum atomic E-state index is -1.42. The Morgan fingerprint density at radius 3 is 2.13 bits per heavy atom. The molecule has 0 fully saturated rings. The van der Waals surface area contributed by atoms with Crippen LogP contribution in [-0.4, -0.2) is 117 Å². The molecule has 1 heterocycles. The quantitative estimate of drug-likeness (QED) is 0.0444. The summed E-state index contributed by atoms with van der Waals surface area (Å²) < 4.78 is 18.1. The first-order chi connectivity index (χ1) is 31.8. The molecule has 0 radical (unpaired) electrons. The van der Waals surface area contributed by atoms with Crippen LogP contribution in [0, 0.1) is 11.3 Å². The van der Waals surface area contributed by atoms with E-state index in [-0.39, 0.29) is 63.6 Å². The second kappa shape index (κ2) is 24.4. The number of benzene rings is 3. The van der Waals surface area contributed by atoms with Crippen molar-refractivity contribution in [1.29, 1.82) is 5.26 Å². The molecule has 0 aromatic heterocycles. The first kappa shape index (κ1) is 52.5. The summed E-state index contributed by atoms with van der Waals surface area (Å²) in [7, 11) is 1.40. The van der Waals surface area contributed by atoms with Crippen LogP contribution >= 0.6 is 0 Å². The van der Waals surface area contributed by atoms with Crippen molar-refractivity contribution in [1.82, 2.24) is 26.2 Å². The Morgan fingerprint density at radius 2 is 1.55 bits per heavy atom. The molecule has 4 bridgehead atoms. The average Bonchev–Trinajstić information content (AvgIpc) is 3.29. The van der Waals surface area contributed by atoms with Gasteiger partial charge in [-0.05, 0) is 121 Å². The summed E-state index contributed by atoms with van der Waals surface area (Å²) in [6, 6.07) is 14.1. The molecule has 358 valence electrons. The molecule has 4 rings (SSSR count). The van der Waals surface area contributed by atoms with Crippen molar-refractivity contribution in [2.24, 2.45) is 27.2 Å². The van der Waals surface area contributed by atoms with Gasteiger partial charge in [0, 0.05) is 54.5 Å². The van der Waals surface area contributed by atoms with Crippen molar-refractivity contribution in [2.75, 3.05) is 46.4 Å². The molecule has 0 unspecified atom stereocenters. The van der Waals surface area contributed by atoms with Gasteiger partial charge < -0.3 is 57.6 Å². The lowest BCUT2D eigenvalue weighted by molar-refractivity contribution is -0.142. The summed E-state index contributed by atoms with van der Waals surface area (Å²) in [5.74, 6) is -1.74. The molecule has 3 aromatic carbocycles. The van der Waals surface area contributed by atoms with Gasteiger partial charge in [0.1, 0.15) is 66.8 Å². The summed E-state index contributed by atoms with van der Waals surface area (Å²) in [4.78, 5) is 80.0. The van der Waals surface area contributed by atoms with E-state index in [9.17, 15) is 24.0 Å². The molecule has 19 heteroatoms. The van der Waals surface area contributed by atoms with Crippen molar-refractivity contribution in [3.8, 4) is 34.4 Å². The van der Waals surface area contributed by atoms with Gasteiger partial charge in [-0.25, -0.2) is 9.98 Å². The van der Waals surface area contributed by atoms with E-state index >= 15 is 0 Å². The zero-order chi connectivity index (χ0) is 49.4. The van der Waals surface area contributed by atoms with E-state index in [2.05, 4.69) is 38.0 Å². The van der Waals surface area contributed by atoms with Crippen molar-refractivity contribution in [3.05, 3.63) is 88.6 Å². The molecule has 0 aliphatic carbocycles. The predicted octanol–water partition coefficient (Wildman–Crippen LogP) is 2.17. The van der Waals surface area contributed by atoms with Gasteiger partial charge >= 0.3 is 0 Å².